The molecule has 17 heavy (non-hydrogen) atoms. The van der Waals surface area contributed by atoms with E-state index in [-0.39, 0.29) is 0 Å². The Morgan fingerprint density at radius 2 is 1.41 bits per heavy atom. The van der Waals surface area contributed by atoms with Gasteiger partial charge in [-0.05, 0) is 22.9 Å². The molecule has 0 amide bonds. The van der Waals surface area contributed by atoms with Crippen molar-refractivity contribution in [2.75, 3.05) is 0 Å². The molecule has 1 aromatic heterocycles. The smallest absolute Gasteiger partial charge is 0.122 e. The standard InChI is InChI=1S/C15H11NO/c1-2-8-13-12(6-1)7-5-11-17-16-15-10-4-3-9-14(13)15/h1-11H. The molecule has 2 aromatic carbocycles. The number of nitrogens with zero attached hydrogens (tertiary/aromatic N) is 1. The molecule has 0 radical (unpaired) electrons. The van der Waals surface area contributed by atoms with Gasteiger partial charge in [0, 0.05) is 5.39 Å². The zero-order chi connectivity index (χ0) is 11.5. The van der Waals surface area contributed by atoms with Gasteiger partial charge in [0.15, 0.2) is 0 Å². The van der Waals surface area contributed by atoms with Crippen LogP contribution in [0.5, 0.6) is 0 Å². The maximum absolute atomic E-state index is 5.13. The van der Waals surface area contributed by atoms with Gasteiger partial charge in [0.05, 0.1) is 0 Å². The number of fused-ring (bicyclic) bond motifs is 3. The minimum atomic E-state index is 0.847. The first kappa shape index (κ1) is 9.85. The molecule has 0 bridgehead atoms. The van der Waals surface area contributed by atoms with Crippen molar-refractivity contribution in [2.45, 2.75) is 0 Å². The number of aromatic nitrogens is 1. The fourth-order valence-electron chi connectivity index (χ4n) is 1.93. The molecule has 1 heterocycles. The number of hydrogen-bond donors (Lipinski definition) is 0. The van der Waals surface area contributed by atoms with E-state index in [0.29, 0.717) is 0 Å². The first-order valence-corrected chi connectivity index (χ1v) is 5.50. The average Bonchev–Trinajstić information content (AvgIpc) is 2.47. The van der Waals surface area contributed by atoms with Crippen LogP contribution in [-0.2, 0) is 0 Å². The summed E-state index contributed by atoms with van der Waals surface area (Å²) in [7, 11) is 0. The highest BCUT2D eigenvalue weighted by Gasteiger charge is 1.96. The fourth-order valence-corrected chi connectivity index (χ4v) is 1.93. The van der Waals surface area contributed by atoms with Crippen LogP contribution in [0.2, 0.25) is 0 Å². The molecule has 0 N–H and O–H groups in total. The van der Waals surface area contributed by atoms with Crippen LogP contribution in [0.15, 0.2) is 71.4 Å². The molecule has 0 aliphatic heterocycles. The SMILES string of the molecule is c1ccc2c(c1)ccconc1ccccc12. The molecule has 3 aromatic rings. The Hall–Kier alpha value is -2.35. The summed E-state index contributed by atoms with van der Waals surface area (Å²) in [6.45, 7) is 0. The van der Waals surface area contributed by atoms with Crippen LogP contribution in [0, 0.1) is 0 Å². The van der Waals surface area contributed by atoms with Gasteiger partial charge in [0.1, 0.15) is 11.8 Å². The Kier molecular flexibility index (Phi) is 2.47. The first-order valence-electron chi connectivity index (χ1n) is 5.50. The van der Waals surface area contributed by atoms with Crippen molar-refractivity contribution in [3.05, 3.63) is 66.9 Å². The summed E-state index contributed by atoms with van der Waals surface area (Å²) in [5.74, 6) is 0. The lowest BCUT2D eigenvalue weighted by molar-refractivity contribution is 0.415. The zero-order valence-corrected chi connectivity index (χ0v) is 9.21. The van der Waals surface area contributed by atoms with Crippen molar-refractivity contribution < 1.29 is 4.52 Å². The van der Waals surface area contributed by atoms with E-state index in [9.17, 15) is 0 Å². The predicted molar refractivity (Wildman–Crippen MR) is 69.1 cm³/mol. The lowest BCUT2D eigenvalue weighted by atomic mass is 10.1. The minimum absolute atomic E-state index is 0.847. The largest absolute Gasteiger partial charge is 0.364 e. The molecule has 0 unspecified atom stereocenters. The van der Waals surface area contributed by atoms with Crippen molar-refractivity contribution in [2.24, 2.45) is 0 Å². The molecule has 0 saturated heterocycles. The van der Waals surface area contributed by atoms with Crippen molar-refractivity contribution >= 4 is 21.7 Å². The van der Waals surface area contributed by atoms with Gasteiger partial charge in [0.2, 0.25) is 0 Å². The Morgan fingerprint density at radius 3 is 2.35 bits per heavy atom. The van der Waals surface area contributed by atoms with Gasteiger partial charge in [-0.3, -0.25) is 0 Å². The molecule has 0 aliphatic carbocycles. The van der Waals surface area contributed by atoms with Crippen LogP contribution in [0.4, 0.5) is 0 Å². The van der Waals surface area contributed by atoms with Crippen LogP contribution in [0.1, 0.15) is 0 Å². The summed E-state index contributed by atoms with van der Waals surface area (Å²) < 4.78 is 5.13. The third-order valence-corrected chi connectivity index (χ3v) is 2.72. The predicted octanol–water partition coefficient (Wildman–Crippen LogP) is 4.11. The zero-order valence-electron chi connectivity index (χ0n) is 9.21. The second-order valence-corrected chi connectivity index (χ2v) is 3.80. The topological polar surface area (TPSA) is 26.0 Å². The van der Waals surface area contributed by atoms with E-state index in [1.807, 2.05) is 42.5 Å². The Morgan fingerprint density at radius 1 is 0.706 bits per heavy atom. The minimum Gasteiger partial charge on any atom is -0.364 e. The molecule has 2 heteroatoms. The van der Waals surface area contributed by atoms with Crippen LogP contribution in [-0.4, -0.2) is 5.16 Å². The van der Waals surface area contributed by atoms with E-state index in [1.165, 1.54) is 5.39 Å². The van der Waals surface area contributed by atoms with Crippen LogP contribution < -0.4 is 0 Å². The maximum atomic E-state index is 5.13. The van der Waals surface area contributed by atoms with Gasteiger partial charge in [0.25, 0.3) is 0 Å². The van der Waals surface area contributed by atoms with Crippen LogP contribution >= 0.6 is 0 Å². The second-order valence-electron chi connectivity index (χ2n) is 3.80. The molecule has 0 atom stereocenters. The van der Waals surface area contributed by atoms with Crippen molar-refractivity contribution in [3.8, 4) is 0 Å². The summed E-state index contributed by atoms with van der Waals surface area (Å²) in [6, 6.07) is 20.1. The van der Waals surface area contributed by atoms with Crippen molar-refractivity contribution in [3.63, 3.8) is 0 Å². The molecular weight excluding hydrogens is 210 g/mol. The summed E-state index contributed by atoms with van der Waals surface area (Å²) in [5, 5.41) is 7.52. The molecular formula is C15H11NO. The lowest BCUT2D eigenvalue weighted by Gasteiger charge is -1.96. The Balaban J connectivity index is 2.63. The van der Waals surface area contributed by atoms with E-state index in [1.54, 1.807) is 6.26 Å². The molecule has 2 nitrogen and oxygen atoms in total. The second kappa shape index (κ2) is 4.26. The molecule has 82 valence electrons. The number of rotatable bonds is 0. The fraction of sp³-hybridized carbons (Fsp3) is 0. The third kappa shape index (κ3) is 1.85. The van der Waals surface area contributed by atoms with Gasteiger partial charge in [-0.25, -0.2) is 0 Å². The van der Waals surface area contributed by atoms with Crippen molar-refractivity contribution in [1.29, 1.82) is 0 Å². The van der Waals surface area contributed by atoms with Crippen molar-refractivity contribution in [1.82, 2.24) is 5.16 Å². The van der Waals surface area contributed by atoms with Gasteiger partial charge >= 0.3 is 0 Å². The van der Waals surface area contributed by atoms with Crippen LogP contribution in [0.25, 0.3) is 21.7 Å². The average molecular weight is 221 g/mol. The molecule has 0 aliphatic rings. The van der Waals surface area contributed by atoms with Crippen LogP contribution in [0.3, 0.4) is 0 Å². The summed E-state index contributed by atoms with van der Waals surface area (Å²) in [4.78, 5) is 0. The van der Waals surface area contributed by atoms with Gasteiger partial charge in [-0.1, -0.05) is 53.7 Å². The van der Waals surface area contributed by atoms with Gasteiger partial charge in [-0.15, -0.1) is 0 Å². The molecule has 0 saturated carbocycles. The maximum Gasteiger partial charge on any atom is 0.122 e. The number of benzene rings is 2. The summed E-state index contributed by atoms with van der Waals surface area (Å²) in [5.41, 5.74) is 0.847. The highest BCUT2D eigenvalue weighted by Crippen LogP contribution is 2.20. The summed E-state index contributed by atoms with van der Waals surface area (Å²) >= 11 is 0. The Bertz CT molecular complexity index is 653. The monoisotopic (exact) mass is 221 g/mol. The lowest BCUT2D eigenvalue weighted by Crippen LogP contribution is -1.74. The highest BCUT2D eigenvalue weighted by atomic mass is 16.4. The number of hydrogen-bond acceptors (Lipinski definition) is 2. The van der Waals surface area contributed by atoms with E-state index in [0.717, 1.165) is 16.3 Å². The molecule has 3 rings (SSSR count). The molecule has 0 spiro atoms. The quantitative estimate of drug-likeness (QED) is 0.571. The van der Waals surface area contributed by atoms with Gasteiger partial charge in [-0.2, -0.15) is 0 Å². The van der Waals surface area contributed by atoms with E-state index in [2.05, 4.69) is 23.4 Å². The normalized spacial score (nSPS) is 10.4. The van der Waals surface area contributed by atoms with Gasteiger partial charge < -0.3 is 4.52 Å². The third-order valence-electron chi connectivity index (χ3n) is 2.72. The van der Waals surface area contributed by atoms with E-state index >= 15 is 0 Å². The summed E-state index contributed by atoms with van der Waals surface area (Å²) in [6.07, 6.45) is 1.58. The molecule has 0 fully saturated rings. The highest BCUT2D eigenvalue weighted by molar-refractivity contribution is 6.03. The first-order chi connectivity index (χ1) is 8.45. The van der Waals surface area contributed by atoms with E-state index in [4.69, 9.17) is 4.52 Å². The Labute approximate surface area is 98.8 Å². The van der Waals surface area contributed by atoms with E-state index < -0.39 is 0 Å².